The maximum Gasteiger partial charge on any atom is 0.277 e. The van der Waals surface area contributed by atoms with Gasteiger partial charge in [0.05, 0.1) is 10.5 Å². The Bertz CT molecular complexity index is 1360. The number of rotatable bonds is 4. The maximum atomic E-state index is 11.7. The molecular weight excluding hydrogens is 390 g/mol. The highest BCUT2D eigenvalue weighted by molar-refractivity contribution is 7.23. The summed E-state index contributed by atoms with van der Waals surface area (Å²) in [5.41, 5.74) is 5.12. The van der Waals surface area contributed by atoms with Gasteiger partial charge in [-0.15, -0.1) is 11.3 Å². The highest BCUT2D eigenvalue weighted by Crippen LogP contribution is 2.48. The number of hydrogen-bond acceptors (Lipinski definition) is 3. The van der Waals surface area contributed by atoms with E-state index in [0.717, 1.165) is 26.8 Å². The molecule has 5 aromatic rings. The van der Waals surface area contributed by atoms with Crippen LogP contribution in [0.4, 0.5) is 5.69 Å². The fraction of sp³-hybridized carbons (Fsp3) is 0. The zero-order valence-electron chi connectivity index (χ0n) is 16.0. The standard InChI is InChI=1S/C26H17NO2S/c28-27(29)23-17-8-7-14-20(23)21-15-9-16-22-24(18-10-3-1-4-11-18)25(30-26(21)22)19-12-5-2-6-13-19/h1-17H. The number of nitro groups is 1. The average molecular weight is 407 g/mol. The molecule has 0 unspecified atom stereocenters. The minimum atomic E-state index is -0.308. The van der Waals surface area contributed by atoms with Gasteiger partial charge >= 0.3 is 0 Å². The first-order valence-corrected chi connectivity index (χ1v) is 10.5. The number of para-hydroxylation sites is 1. The topological polar surface area (TPSA) is 43.1 Å². The monoisotopic (exact) mass is 407 g/mol. The van der Waals surface area contributed by atoms with Crippen LogP contribution in [0.15, 0.2) is 103 Å². The van der Waals surface area contributed by atoms with Gasteiger partial charge in [0.25, 0.3) is 5.69 Å². The molecule has 0 amide bonds. The van der Waals surface area contributed by atoms with Crippen molar-refractivity contribution in [2.45, 2.75) is 0 Å². The summed E-state index contributed by atoms with van der Waals surface area (Å²) in [5.74, 6) is 0. The van der Waals surface area contributed by atoms with Gasteiger partial charge in [-0.2, -0.15) is 0 Å². The SMILES string of the molecule is O=[N+]([O-])c1ccccc1-c1cccc2c(-c3ccccc3)c(-c3ccccc3)sc12. The minimum Gasteiger partial charge on any atom is -0.258 e. The van der Waals surface area contributed by atoms with Crippen molar-refractivity contribution < 1.29 is 4.92 Å². The maximum absolute atomic E-state index is 11.7. The van der Waals surface area contributed by atoms with Gasteiger partial charge in [0.1, 0.15) is 0 Å². The molecule has 0 fully saturated rings. The molecule has 144 valence electrons. The van der Waals surface area contributed by atoms with E-state index in [2.05, 4.69) is 30.3 Å². The van der Waals surface area contributed by atoms with Gasteiger partial charge in [-0.1, -0.05) is 91.0 Å². The van der Waals surface area contributed by atoms with E-state index < -0.39 is 0 Å². The van der Waals surface area contributed by atoms with Crippen LogP contribution in [0.25, 0.3) is 42.8 Å². The second-order valence-corrected chi connectivity index (χ2v) is 8.02. The molecule has 1 heterocycles. The summed E-state index contributed by atoms with van der Waals surface area (Å²) in [6.45, 7) is 0. The van der Waals surface area contributed by atoms with Crippen LogP contribution >= 0.6 is 11.3 Å². The van der Waals surface area contributed by atoms with Gasteiger partial charge in [-0.3, -0.25) is 10.1 Å². The minimum absolute atomic E-state index is 0.126. The third kappa shape index (κ3) is 3.08. The molecule has 4 heteroatoms. The summed E-state index contributed by atoms with van der Waals surface area (Å²) in [4.78, 5) is 12.5. The Morgan fingerprint density at radius 2 is 1.23 bits per heavy atom. The van der Waals surface area contributed by atoms with Crippen molar-refractivity contribution in [1.82, 2.24) is 0 Å². The van der Waals surface area contributed by atoms with E-state index in [1.165, 1.54) is 10.4 Å². The lowest BCUT2D eigenvalue weighted by Crippen LogP contribution is -1.91. The third-order valence-electron chi connectivity index (χ3n) is 5.20. The molecule has 0 spiro atoms. The molecule has 0 bridgehead atoms. The lowest BCUT2D eigenvalue weighted by Gasteiger charge is -2.06. The number of benzene rings is 4. The Morgan fingerprint density at radius 1 is 0.633 bits per heavy atom. The first kappa shape index (κ1) is 18.3. The predicted octanol–water partition coefficient (Wildman–Crippen LogP) is 7.81. The molecule has 0 radical (unpaired) electrons. The van der Waals surface area contributed by atoms with Crippen LogP contribution in [0.1, 0.15) is 0 Å². The van der Waals surface area contributed by atoms with Gasteiger partial charge in [0.2, 0.25) is 0 Å². The van der Waals surface area contributed by atoms with E-state index in [4.69, 9.17) is 0 Å². The van der Waals surface area contributed by atoms with Crippen molar-refractivity contribution in [3.63, 3.8) is 0 Å². The van der Waals surface area contributed by atoms with E-state index in [9.17, 15) is 10.1 Å². The average Bonchev–Trinajstić information content (AvgIpc) is 3.20. The summed E-state index contributed by atoms with van der Waals surface area (Å²) in [7, 11) is 0. The molecule has 0 aliphatic rings. The number of hydrogen-bond donors (Lipinski definition) is 0. The summed E-state index contributed by atoms with van der Waals surface area (Å²) < 4.78 is 1.06. The number of thiophene rings is 1. The van der Waals surface area contributed by atoms with Crippen LogP contribution in [0.2, 0.25) is 0 Å². The first-order valence-electron chi connectivity index (χ1n) is 9.64. The van der Waals surface area contributed by atoms with Crippen molar-refractivity contribution >= 4 is 27.1 Å². The van der Waals surface area contributed by atoms with E-state index >= 15 is 0 Å². The second-order valence-electron chi connectivity index (χ2n) is 6.99. The van der Waals surface area contributed by atoms with Gasteiger partial charge in [0.15, 0.2) is 0 Å². The fourth-order valence-electron chi connectivity index (χ4n) is 3.88. The molecule has 4 aromatic carbocycles. The molecule has 5 rings (SSSR count). The van der Waals surface area contributed by atoms with Gasteiger partial charge in [-0.05, 0) is 17.2 Å². The Labute approximate surface area is 178 Å². The van der Waals surface area contributed by atoms with Crippen molar-refractivity contribution in [2.75, 3.05) is 0 Å². The number of nitro benzene ring substituents is 1. The van der Waals surface area contributed by atoms with Crippen LogP contribution in [0.5, 0.6) is 0 Å². The van der Waals surface area contributed by atoms with Crippen LogP contribution < -0.4 is 0 Å². The van der Waals surface area contributed by atoms with Crippen LogP contribution in [-0.2, 0) is 0 Å². The molecule has 0 aliphatic heterocycles. The molecule has 0 aliphatic carbocycles. The van der Waals surface area contributed by atoms with Gasteiger partial charge in [-0.25, -0.2) is 0 Å². The van der Waals surface area contributed by atoms with Crippen molar-refractivity contribution in [3.05, 3.63) is 113 Å². The molecule has 3 nitrogen and oxygen atoms in total. The zero-order valence-corrected chi connectivity index (χ0v) is 16.8. The quantitative estimate of drug-likeness (QED) is 0.225. The Hall–Kier alpha value is -3.76. The lowest BCUT2D eigenvalue weighted by molar-refractivity contribution is -0.384. The molecule has 0 N–H and O–H groups in total. The molecule has 0 saturated heterocycles. The molecular formula is C26H17NO2S. The van der Waals surface area contributed by atoms with Crippen LogP contribution in [0, 0.1) is 10.1 Å². The van der Waals surface area contributed by atoms with Gasteiger partial charge < -0.3 is 0 Å². The first-order chi connectivity index (χ1) is 14.7. The Balaban J connectivity index is 1.86. The zero-order chi connectivity index (χ0) is 20.5. The summed E-state index contributed by atoms with van der Waals surface area (Å²) in [5, 5.41) is 12.8. The van der Waals surface area contributed by atoms with E-state index in [-0.39, 0.29) is 10.6 Å². The van der Waals surface area contributed by atoms with E-state index in [1.54, 1.807) is 23.5 Å². The molecule has 1 aromatic heterocycles. The highest BCUT2D eigenvalue weighted by Gasteiger charge is 2.21. The van der Waals surface area contributed by atoms with Crippen molar-refractivity contribution in [3.8, 4) is 32.7 Å². The van der Waals surface area contributed by atoms with E-state index in [1.807, 2.05) is 60.7 Å². The molecule has 30 heavy (non-hydrogen) atoms. The largest absolute Gasteiger partial charge is 0.277 e. The smallest absolute Gasteiger partial charge is 0.258 e. The third-order valence-corrected chi connectivity index (χ3v) is 6.49. The van der Waals surface area contributed by atoms with Crippen LogP contribution in [-0.4, -0.2) is 4.92 Å². The normalized spacial score (nSPS) is 10.9. The summed E-state index contributed by atoms with van der Waals surface area (Å²) in [6.07, 6.45) is 0. The number of nitrogens with zero attached hydrogens (tertiary/aromatic N) is 1. The summed E-state index contributed by atoms with van der Waals surface area (Å²) in [6, 6.07) is 33.7. The van der Waals surface area contributed by atoms with Crippen molar-refractivity contribution in [1.29, 1.82) is 0 Å². The van der Waals surface area contributed by atoms with E-state index in [0.29, 0.717) is 5.56 Å². The molecule has 0 atom stereocenters. The summed E-state index contributed by atoms with van der Waals surface area (Å²) >= 11 is 1.69. The Morgan fingerprint density at radius 3 is 1.93 bits per heavy atom. The lowest BCUT2D eigenvalue weighted by atomic mass is 9.96. The second kappa shape index (κ2) is 7.58. The Kier molecular flexibility index (Phi) is 4.62. The predicted molar refractivity (Wildman–Crippen MR) is 125 cm³/mol. The molecule has 0 saturated carbocycles. The highest BCUT2D eigenvalue weighted by atomic mass is 32.1. The van der Waals surface area contributed by atoms with Crippen LogP contribution in [0.3, 0.4) is 0 Å². The number of fused-ring (bicyclic) bond motifs is 1. The van der Waals surface area contributed by atoms with Crippen molar-refractivity contribution in [2.24, 2.45) is 0 Å². The fourth-order valence-corrected chi connectivity index (χ4v) is 5.23. The van der Waals surface area contributed by atoms with Gasteiger partial charge in [0, 0.05) is 32.2 Å².